The van der Waals surface area contributed by atoms with Crippen molar-refractivity contribution < 1.29 is 9.90 Å². The van der Waals surface area contributed by atoms with Gasteiger partial charge in [0.05, 0.1) is 5.25 Å². The quantitative estimate of drug-likeness (QED) is 0.289. The summed E-state index contributed by atoms with van der Waals surface area (Å²) >= 11 is 1.38. The predicted molar refractivity (Wildman–Crippen MR) is 138 cm³/mol. The lowest BCUT2D eigenvalue weighted by Gasteiger charge is -2.35. The van der Waals surface area contributed by atoms with Gasteiger partial charge in [0.1, 0.15) is 12.0 Å². The number of hydrogen-bond donors (Lipinski definition) is 2. The zero-order chi connectivity index (χ0) is 23.3. The van der Waals surface area contributed by atoms with Crippen LogP contribution in [0.25, 0.3) is 11.1 Å². The van der Waals surface area contributed by atoms with Crippen LogP contribution in [0.3, 0.4) is 0 Å². The van der Waals surface area contributed by atoms with Gasteiger partial charge in [-0.3, -0.25) is 5.41 Å². The Morgan fingerprint density at radius 3 is 2.48 bits per heavy atom. The standard InChI is InChI=1S/C28H36N2O2S/c1-28(13-4-2-5-14-28)25-19-23(11-12-26(25)32)22-10-8-9-21(17-22)18-24(20-31)33-27(29)30-15-6-3-7-16-30/h8-12,17,19-20,24,29,32H,2-7,13-16,18H2,1H3. The average Bonchev–Trinajstić information content (AvgIpc) is 2.85. The van der Waals surface area contributed by atoms with Crippen molar-refractivity contribution in [2.24, 2.45) is 0 Å². The first kappa shape index (κ1) is 23.9. The number of phenols is 1. The van der Waals surface area contributed by atoms with Crippen LogP contribution in [0, 0.1) is 5.41 Å². The van der Waals surface area contributed by atoms with E-state index in [2.05, 4.69) is 36.1 Å². The van der Waals surface area contributed by atoms with Gasteiger partial charge in [-0.15, -0.1) is 0 Å². The number of aldehydes is 1. The molecular formula is C28H36N2O2S. The van der Waals surface area contributed by atoms with Crippen LogP contribution < -0.4 is 0 Å². The summed E-state index contributed by atoms with van der Waals surface area (Å²) in [6.45, 7) is 4.13. The van der Waals surface area contributed by atoms with Gasteiger partial charge in [-0.25, -0.2) is 0 Å². The maximum atomic E-state index is 11.8. The molecule has 1 atom stereocenters. The fourth-order valence-corrected chi connectivity index (χ4v) is 6.29. The fraction of sp³-hybridized carbons (Fsp3) is 0.500. The Bertz CT molecular complexity index is 978. The number of nitrogens with one attached hydrogen (secondary N) is 1. The molecule has 1 saturated heterocycles. The molecule has 1 saturated carbocycles. The SMILES string of the molecule is CC1(c2cc(-c3cccc(CC(C=O)SC(=N)N4CCCCC4)c3)ccc2O)CCCCC1. The van der Waals surface area contributed by atoms with Gasteiger partial charge >= 0.3 is 0 Å². The van der Waals surface area contributed by atoms with Crippen molar-refractivity contribution in [3.8, 4) is 16.9 Å². The van der Waals surface area contributed by atoms with Crippen molar-refractivity contribution >= 4 is 23.2 Å². The normalized spacial score (nSPS) is 19.1. The minimum atomic E-state index is -0.258. The van der Waals surface area contributed by atoms with Gasteiger partial charge in [0.15, 0.2) is 5.17 Å². The second-order valence-corrected chi connectivity index (χ2v) is 11.1. The third-order valence-electron chi connectivity index (χ3n) is 7.36. The second kappa shape index (κ2) is 10.8. The highest BCUT2D eigenvalue weighted by atomic mass is 32.2. The highest BCUT2D eigenvalue weighted by molar-refractivity contribution is 8.14. The summed E-state index contributed by atoms with van der Waals surface area (Å²) in [5.41, 5.74) is 4.40. The largest absolute Gasteiger partial charge is 0.508 e. The van der Waals surface area contributed by atoms with Crippen LogP contribution in [0.4, 0.5) is 0 Å². The molecule has 1 heterocycles. The molecule has 2 aromatic carbocycles. The van der Waals surface area contributed by atoms with Crippen molar-refractivity contribution in [3.05, 3.63) is 53.6 Å². The Kier molecular flexibility index (Phi) is 7.79. The summed E-state index contributed by atoms with van der Waals surface area (Å²) in [4.78, 5) is 13.9. The van der Waals surface area contributed by atoms with Gasteiger partial charge in [0.25, 0.3) is 0 Å². The molecule has 2 aromatic rings. The van der Waals surface area contributed by atoms with E-state index in [1.54, 1.807) is 0 Å². The fourth-order valence-electron chi connectivity index (χ4n) is 5.34. The van der Waals surface area contributed by atoms with Gasteiger partial charge < -0.3 is 14.8 Å². The molecule has 1 aliphatic heterocycles. The van der Waals surface area contributed by atoms with Gasteiger partial charge in [-0.05, 0) is 72.8 Å². The van der Waals surface area contributed by atoms with Gasteiger partial charge in [0, 0.05) is 18.7 Å². The van der Waals surface area contributed by atoms with E-state index in [4.69, 9.17) is 5.41 Å². The molecule has 0 radical (unpaired) electrons. The average molecular weight is 465 g/mol. The molecule has 176 valence electrons. The summed E-state index contributed by atoms with van der Waals surface area (Å²) < 4.78 is 0. The van der Waals surface area contributed by atoms with Crippen LogP contribution in [0.5, 0.6) is 5.75 Å². The molecular weight excluding hydrogens is 428 g/mol. The van der Waals surface area contributed by atoms with Crippen molar-refractivity contribution in [3.63, 3.8) is 0 Å². The van der Waals surface area contributed by atoms with Crippen LogP contribution in [0.15, 0.2) is 42.5 Å². The van der Waals surface area contributed by atoms with Crippen molar-refractivity contribution in [1.82, 2.24) is 4.90 Å². The topological polar surface area (TPSA) is 64.4 Å². The monoisotopic (exact) mass is 464 g/mol. The third-order valence-corrected chi connectivity index (χ3v) is 8.42. The van der Waals surface area contributed by atoms with Gasteiger partial charge in [0.2, 0.25) is 0 Å². The zero-order valence-electron chi connectivity index (χ0n) is 19.7. The molecule has 5 heteroatoms. The third kappa shape index (κ3) is 5.81. The number of carbonyl (C=O) groups excluding carboxylic acids is 1. The summed E-state index contributed by atoms with van der Waals surface area (Å²) in [7, 11) is 0. The molecule has 1 aliphatic carbocycles. The van der Waals surface area contributed by atoms with Crippen molar-refractivity contribution in [2.75, 3.05) is 13.1 Å². The lowest BCUT2D eigenvalue weighted by Crippen LogP contribution is -2.34. The molecule has 2 fully saturated rings. The van der Waals surface area contributed by atoms with Gasteiger partial charge in [-0.2, -0.15) is 0 Å². The number of likely N-dealkylation sites (tertiary alicyclic amines) is 1. The maximum Gasteiger partial charge on any atom is 0.157 e. The van der Waals surface area contributed by atoms with Crippen molar-refractivity contribution in [1.29, 1.82) is 5.41 Å². The summed E-state index contributed by atoms with van der Waals surface area (Å²) in [5, 5.41) is 19.3. The second-order valence-electron chi connectivity index (χ2n) is 9.90. The summed E-state index contributed by atoms with van der Waals surface area (Å²) in [6.07, 6.45) is 11.0. The molecule has 0 aromatic heterocycles. The zero-order valence-corrected chi connectivity index (χ0v) is 20.5. The van der Waals surface area contributed by atoms with Crippen molar-refractivity contribution in [2.45, 2.75) is 75.4 Å². The smallest absolute Gasteiger partial charge is 0.157 e. The molecule has 33 heavy (non-hydrogen) atoms. The molecule has 2 N–H and O–H groups in total. The Morgan fingerprint density at radius 2 is 1.76 bits per heavy atom. The Hall–Kier alpha value is -2.27. The van der Waals surface area contributed by atoms with Crippen LogP contribution in [-0.2, 0) is 16.6 Å². The molecule has 2 aliphatic rings. The summed E-state index contributed by atoms with van der Waals surface area (Å²) in [5.74, 6) is 0.396. The number of aromatic hydroxyl groups is 1. The Morgan fingerprint density at radius 1 is 1.06 bits per heavy atom. The lowest BCUT2D eigenvalue weighted by molar-refractivity contribution is -0.107. The first-order valence-electron chi connectivity index (χ1n) is 12.4. The number of amidine groups is 1. The minimum absolute atomic E-state index is 0.0318. The van der Waals surface area contributed by atoms with E-state index >= 15 is 0 Å². The minimum Gasteiger partial charge on any atom is -0.508 e. The number of nitrogens with zero attached hydrogens (tertiary/aromatic N) is 1. The van der Waals surface area contributed by atoms with Crippen LogP contribution in [0.2, 0.25) is 0 Å². The highest BCUT2D eigenvalue weighted by Crippen LogP contribution is 2.44. The number of phenolic OH excluding ortho intramolecular Hbond substituents is 1. The van der Waals surface area contributed by atoms with E-state index in [1.165, 1.54) is 37.4 Å². The molecule has 1 unspecified atom stereocenters. The number of rotatable bonds is 6. The number of hydrogen-bond acceptors (Lipinski definition) is 4. The molecule has 0 bridgehead atoms. The van der Waals surface area contributed by atoms with Crippen LogP contribution >= 0.6 is 11.8 Å². The summed E-state index contributed by atoms with van der Waals surface area (Å²) in [6, 6.07) is 14.3. The molecule has 4 rings (SSSR count). The number of carbonyl (C=O) groups is 1. The first-order chi connectivity index (χ1) is 16.0. The maximum absolute atomic E-state index is 11.8. The molecule has 0 amide bonds. The van der Waals surface area contributed by atoms with E-state index in [0.29, 0.717) is 17.3 Å². The highest BCUT2D eigenvalue weighted by Gasteiger charge is 2.31. The van der Waals surface area contributed by atoms with E-state index in [9.17, 15) is 9.90 Å². The first-order valence-corrected chi connectivity index (χ1v) is 13.2. The van der Waals surface area contributed by atoms with Gasteiger partial charge in [-0.1, -0.05) is 68.3 Å². The number of piperidine rings is 1. The van der Waals surface area contributed by atoms with E-state index < -0.39 is 0 Å². The van der Waals surface area contributed by atoms with E-state index in [-0.39, 0.29) is 10.7 Å². The predicted octanol–water partition coefficient (Wildman–Crippen LogP) is 6.54. The Balaban J connectivity index is 1.50. The molecule has 4 nitrogen and oxygen atoms in total. The van der Waals surface area contributed by atoms with E-state index in [0.717, 1.165) is 67.3 Å². The molecule has 0 spiro atoms. The van der Waals surface area contributed by atoms with E-state index in [1.807, 2.05) is 18.2 Å². The Labute approximate surface area is 202 Å². The number of thioether (sulfide) groups is 1. The van der Waals surface area contributed by atoms with Crippen LogP contribution in [0.1, 0.15) is 69.4 Å². The van der Waals surface area contributed by atoms with Crippen LogP contribution in [-0.4, -0.2) is 39.8 Å². The lowest BCUT2D eigenvalue weighted by atomic mass is 9.70. The number of benzene rings is 2.